The third-order valence-electron chi connectivity index (χ3n) is 8.19. The lowest BCUT2D eigenvalue weighted by Crippen LogP contribution is -2.51. The number of amides is 1. The van der Waals surface area contributed by atoms with Gasteiger partial charge in [-0.1, -0.05) is 86.0 Å². The first-order valence-electron chi connectivity index (χ1n) is 14.5. The first-order chi connectivity index (χ1) is 19.6. The van der Waals surface area contributed by atoms with Gasteiger partial charge in [-0.2, -0.15) is 0 Å². The van der Waals surface area contributed by atoms with Crippen LogP contribution in [0.3, 0.4) is 0 Å². The molecule has 1 amide bonds. The second-order valence-electron chi connectivity index (χ2n) is 10.6. The molecule has 6 nitrogen and oxygen atoms in total. The zero-order chi connectivity index (χ0) is 27.9. The molecule has 1 aliphatic heterocycles. The normalized spacial score (nSPS) is 17.4. The molecule has 0 saturated heterocycles. The Morgan fingerprint density at radius 3 is 2.15 bits per heavy atom. The van der Waals surface area contributed by atoms with Crippen LogP contribution in [0.2, 0.25) is 0 Å². The van der Waals surface area contributed by atoms with Crippen LogP contribution in [0.4, 0.5) is 0 Å². The molecule has 0 spiro atoms. The van der Waals surface area contributed by atoms with Crippen LogP contribution >= 0.6 is 0 Å². The van der Waals surface area contributed by atoms with Crippen LogP contribution in [0, 0.1) is 0 Å². The minimum absolute atomic E-state index is 0.114. The van der Waals surface area contributed by atoms with E-state index in [2.05, 4.69) is 0 Å². The molecule has 1 atom stereocenters. The summed E-state index contributed by atoms with van der Waals surface area (Å²) >= 11 is 0. The average Bonchev–Trinajstić information content (AvgIpc) is 3.01. The minimum atomic E-state index is -0.740. The van der Waals surface area contributed by atoms with Crippen molar-refractivity contribution in [3.05, 3.63) is 101 Å². The lowest BCUT2D eigenvalue weighted by atomic mass is 9.85. The van der Waals surface area contributed by atoms with Crippen molar-refractivity contribution in [2.45, 2.75) is 76.7 Å². The Morgan fingerprint density at radius 2 is 1.55 bits per heavy atom. The van der Waals surface area contributed by atoms with Crippen LogP contribution in [0.1, 0.15) is 72.8 Å². The molecule has 1 saturated carbocycles. The first-order valence-corrected chi connectivity index (χ1v) is 14.5. The van der Waals surface area contributed by atoms with Crippen molar-refractivity contribution < 1.29 is 23.8 Å². The smallest absolute Gasteiger partial charge is 0.329 e. The van der Waals surface area contributed by atoms with Crippen LogP contribution in [-0.4, -0.2) is 42.6 Å². The molecule has 3 aromatic carbocycles. The molecule has 0 N–H and O–H groups in total. The minimum Gasteiger partial charge on any atom is -0.496 e. The summed E-state index contributed by atoms with van der Waals surface area (Å²) in [5, 5.41) is 0. The topological polar surface area (TPSA) is 65.1 Å². The lowest BCUT2D eigenvalue weighted by Gasteiger charge is -2.38. The largest absolute Gasteiger partial charge is 0.496 e. The number of hydrogen-bond donors (Lipinski definition) is 0. The fourth-order valence-electron chi connectivity index (χ4n) is 6.12. The predicted molar refractivity (Wildman–Crippen MR) is 154 cm³/mol. The standard InChI is InChI=1S/C34H39NO5/c1-3-39-34(37)30-21-28-26(19-20-31(38-2)29(28)23-40-27-17-11-6-12-18-27)22-35(30)33(36)32(24-13-7-4-8-14-24)25-15-9-5-10-16-25/h4-5,7-10,13-16,19-20,27,30,32H,3,6,11-12,17-18,21-23H2,1-2H3. The molecule has 6 heteroatoms. The van der Waals surface area contributed by atoms with Crippen molar-refractivity contribution in [1.29, 1.82) is 0 Å². The van der Waals surface area contributed by atoms with Gasteiger partial charge in [0.05, 0.1) is 32.3 Å². The fourth-order valence-corrected chi connectivity index (χ4v) is 6.12. The summed E-state index contributed by atoms with van der Waals surface area (Å²) in [6.07, 6.45) is 6.41. The monoisotopic (exact) mass is 541 g/mol. The van der Waals surface area contributed by atoms with Crippen LogP contribution in [0.5, 0.6) is 5.75 Å². The molecule has 0 aromatic heterocycles. The first kappa shape index (κ1) is 27.9. The fraction of sp³-hybridized carbons (Fsp3) is 0.412. The highest BCUT2D eigenvalue weighted by atomic mass is 16.5. The van der Waals surface area contributed by atoms with Gasteiger partial charge < -0.3 is 19.1 Å². The van der Waals surface area contributed by atoms with Crippen molar-refractivity contribution in [3.8, 4) is 5.75 Å². The lowest BCUT2D eigenvalue weighted by molar-refractivity contribution is -0.156. The highest BCUT2D eigenvalue weighted by Gasteiger charge is 2.40. The molecule has 1 heterocycles. The summed E-state index contributed by atoms with van der Waals surface area (Å²) in [5.41, 5.74) is 4.78. The van der Waals surface area contributed by atoms with Gasteiger partial charge in [-0.25, -0.2) is 4.79 Å². The van der Waals surface area contributed by atoms with E-state index in [0.29, 0.717) is 19.6 Å². The van der Waals surface area contributed by atoms with Gasteiger partial charge in [0.1, 0.15) is 11.8 Å². The highest BCUT2D eigenvalue weighted by molar-refractivity contribution is 5.91. The molecule has 1 aliphatic carbocycles. The molecule has 40 heavy (non-hydrogen) atoms. The van der Waals surface area contributed by atoms with E-state index in [4.69, 9.17) is 14.2 Å². The predicted octanol–water partition coefficient (Wildman–Crippen LogP) is 6.19. The van der Waals surface area contributed by atoms with E-state index in [0.717, 1.165) is 46.4 Å². The summed E-state index contributed by atoms with van der Waals surface area (Å²) in [6.45, 7) is 2.79. The molecule has 1 fully saturated rings. The number of ether oxygens (including phenoxy) is 3. The number of carbonyl (C=O) groups is 2. The van der Waals surface area contributed by atoms with Crippen LogP contribution in [0.25, 0.3) is 0 Å². The van der Waals surface area contributed by atoms with Crippen molar-refractivity contribution in [1.82, 2.24) is 4.90 Å². The maximum absolute atomic E-state index is 14.4. The summed E-state index contributed by atoms with van der Waals surface area (Å²) in [6, 6.07) is 22.8. The second-order valence-corrected chi connectivity index (χ2v) is 10.6. The van der Waals surface area contributed by atoms with Gasteiger partial charge in [0, 0.05) is 18.5 Å². The Labute approximate surface area is 237 Å². The van der Waals surface area contributed by atoms with E-state index in [9.17, 15) is 9.59 Å². The van der Waals surface area contributed by atoms with Crippen molar-refractivity contribution in [3.63, 3.8) is 0 Å². The van der Waals surface area contributed by atoms with Gasteiger partial charge in [-0.15, -0.1) is 0 Å². The summed E-state index contributed by atoms with van der Waals surface area (Å²) in [4.78, 5) is 29.6. The van der Waals surface area contributed by atoms with Crippen molar-refractivity contribution in [2.75, 3.05) is 13.7 Å². The molecule has 5 rings (SSSR count). The van der Waals surface area contributed by atoms with Crippen molar-refractivity contribution in [2.24, 2.45) is 0 Å². The number of hydrogen-bond acceptors (Lipinski definition) is 5. The molecular formula is C34H39NO5. The van der Waals surface area contributed by atoms with Gasteiger partial charge in [-0.05, 0) is 48.1 Å². The van der Waals surface area contributed by atoms with Gasteiger partial charge in [0.15, 0.2) is 0 Å². The maximum atomic E-state index is 14.4. The third kappa shape index (κ3) is 6.07. The van der Waals surface area contributed by atoms with Gasteiger partial charge in [-0.3, -0.25) is 4.79 Å². The Hall–Kier alpha value is -3.64. The molecule has 210 valence electrons. The van der Waals surface area contributed by atoms with Gasteiger partial charge in [0.25, 0.3) is 0 Å². The van der Waals surface area contributed by atoms with Crippen LogP contribution in [-0.2, 0) is 38.6 Å². The van der Waals surface area contributed by atoms with Crippen molar-refractivity contribution >= 4 is 11.9 Å². The molecule has 1 unspecified atom stereocenters. The summed E-state index contributed by atoms with van der Waals surface area (Å²) in [5.74, 6) is -0.281. The van der Waals surface area contributed by atoms with E-state index in [1.807, 2.05) is 72.8 Å². The van der Waals surface area contributed by atoms with E-state index in [1.54, 1.807) is 18.9 Å². The Kier molecular flexibility index (Phi) is 9.17. The number of fused-ring (bicyclic) bond motifs is 1. The molecule has 2 aliphatic rings. The van der Waals surface area contributed by atoms with E-state index in [1.165, 1.54) is 19.3 Å². The number of esters is 1. The molecular weight excluding hydrogens is 502 g/mol. The highest BCUT2D eigenvalue weighted by Crippen LogP contribution is 2.37. The quantitative estimate of drug-likeness (QED) is 0.302. The van der Waals surface area contributed by atoms with Gasteiger partial charge >= 0.3 is 5.97 Å². The van der Waals surface area contributed by atoms with Crippen LogP contribution < -0.4 is 4.74 Å². The maximum Gasteiger partial charge on any atom is 0.329 e. The van der Waals surface area contributed by atoms with E-state index in [-0.39, 0.29) is 24.6 Å². The third-order valence-corrected chi connectivity index (χ3v) is 8.19. The van der Waals surface area contributed by atoms with Gasteiger partial charge in [0.2, 0.25) is 5.91 Å². The Balaban J connectivity index is 1.51. The van der Waals surface area contributed by atoms with Crippen LogP contribution in [0.15, 0.2) is 72.8 Å². The van der Waals surface area contributed by atoms with E-state index >= 15 is 0 Å². The Bertz CT molecular complexity index is 1250. The average molecular weight is 542 g/mol. The SMILES string of the molecule is CCOC(=O)C1Cc2c(ccc(OC)c2COC2CCCCC2)CN1C(=O)C(c1ccccc1)c1ccccc1. The summed E-state index contributed by atoms with van der Waals surface area (Å²) < 4.78 is 17.6. The molecule has 0 bridgehead atoms. The number of nitrogens with zero attached hydrogens (tertiary/aromatic N) is 1. The zero-order valence-electron chi connectivity index (χ0n) is 23.5. The molecule has 0 radical (unpaired) electrons. The zero-order valence-corrected chi connectivity index (χ0v) is 23.5. The number of rotatable bonds is 9. The number of methoxy groups -OCH3 is 1. The molecule has 3 aromatic rings. The number of benzene rings is 3. The summed E-state index contributed by atoms with van der Waals surface area (Å²) in [7, 11) is 1.66. The van der Waals surface area contributed by atoms with E-state index < -0.39 is 12.0 Å². The number of carbonyl (C=O) groups excluding carboxylic acids is 2. The second kappa shape index (κ2) is 13.1. The Morgan fingerprint density at radius 1 is 0.900 bits per heavy atom.